The second-order valence-electron chi connectivity index (χ2n) is 5.67. The molecule has 0 radical (unpaired) electrons. The van der Waals surface area contributed by atoms with Crippen molar-refractivity contribution >= 4 is 30.0 Å². The molecular weight excluding hydrogens is 354 g/mol. The lowest BCUT2D eigenvalue weighted by molar-refractivity contribution is -0.142. The summed E-state index contributed by atoms with van der Waals surface area (Å²) < 4.78 is 10.3. The van der Waals surface area contributed by atoms with Gasteiger partial charge in [-0.2, -0.15) is 0 Å². The SMILES string of the molecule is CCN1/C(=C/C=C2\C(=O)N(C)C(=O)N(COC=O)C2=O)Oc2ccccc21. The third-order valence-corrected chi connectivity index (χ3v) is 4.15. The summed E-state index contributed by atoms with van der Waals surface area (Å²) in [6.07, 6.45) is 2.79. The number of hydrogen-bond acceptors (Lipinski definition) is 7. The smallest absolute Gasteiger partial charge is 0.336 e. The number of para-hydroxylation sites is 2. The van der Waals surface area contributed by atoms with E-state index in [0.29, 0.717) is 23.1 Å². The molecule has 4 amide bonds. The molecule has 9 heteroatoms. The predicted molar refractivity (Wildman–Crippen MR) is 93.3 cm³/mol. The van der Waals surface area contributed by atoms with Crippen molar-refractivity contribution in [2.75, 3.05) is 25.2 Å². The zero-order valence-electron chi connectivity index (χ0n) is 14.7. The fraction of sp³-hybridized carbons (Fsp3) is 0.222. The van der Waals surface area contributed by atoms with Gasteiger partial charge < -0.3 is 14.4 Å². The molecule has 1 fully saturated rings. The number of ether oxygens (including phenoxy) is 2. The zero-order valence-corrected chi connectivity index (χ0v) is 14.7. The molecule has 2 aliphatic rings. The average Bonchev–Trinajstić information content (AvgIpc) is 3.03. The van der Waals surface area contributed by atoms with Crippen LogP contribution >= 0.6 is 0 Å². The Kier molecular flexibility index (Phi) is 4.93. The molecule has 3 rings (SSSR count). The van der Waals surface area contributed by atoms with E-state index >= 15 is 0 Å². The molecule has 0 atom stereocenters. The summed E-state index contributed by atoms with van der Waals surface area (Å²) in [5.74, 6) is -0.483. The minimum atomic E-state index is -0.864. The molecule has 0 bridgehead atoms. The van der Waals surface area contributed by atoms with Crippen LogP contribution < -0.4 is 9.64 Å². The number of anilines is 1. The fourth-order valence-electron chi connectivity index (χ4n) is 2.79. The zero-order chi connectivity index (χ0) is 19.6. The maximum absolute atomic E-state index is 12.5. The number of imide groups is 2. The quantitative estimate of drug-likeness (QED) is 0.436. The van der Waals surface area contributed by atoms with Crippen molar-refractivity contribution in [3.8, 4) is 5.75 Å². The largest absolute Gasteiger partial charge is 0.446 e. The van der Waals surface area contributed by atoms with E-state index in [-0.39, 0.29) is 12.0 Å². The van der Waals surface area contributed by atoms with Crippen LogP contribution in [0.2, 0.25) is 0 Å². The number of benzene rings is 1. The summed E-state index contributed by atoms with van der Waals surface area (Å²) in [7, 11) is 1.24. The topological polar surface area (TPSA) is 96.5 Å². The van der Waals surface area contributed by atoms with Gasteiger partial charge in [0.2, 0.25) is 5.88 Å². The van der Waals surface area contributed by atoms with Gasteiger partial charge in [-0.1, -0.05) is 12.1 Å². The van der Waals surface area contributed by atoms with Crippen LogP contribution in [0.1, 0.15) is 6.92 Å². The first kappa shape index (κ1) is 18.2. The molecule has 140 valence electrons. The van der Waals surface area contributed by atoms with Crippen LogP contribution in [-0.2, 0) is 19.1 Å². The highest BCUT2D eigenvalue weighted by Gasteiger charge is 2.40. The fourth-order valence-corrected chi connectivity index (χ4v) is 2.79. The Hall–Kier alpha value is -3.62. The molecule has 2 aliphatic heterocycles. The van der Waals surface area contributed by atoms with Gasteiger partial charge in [0.15, 0.2) is 12.5 Å². The maximum Gasteiger partial charge on any atom is 0.336 e. The summed E-state index contributed by atoms with van der Waals surface area (Å²) in [5.41, 5.74) is 0.633. The van der Waals surface area contributed by atoms with Crippen LogP contribution in [0.15, 0.2) is 47.9 Å². The Labute approximate surface area is 155 Å². The number of amides is 4. The summed E-state index contributed by atoms with van der Waals surface area (Å²) in [6, 6.07) is 6.57. The average molecular weight is 371 g/mol. The number of barbiturate groups is 1. The Bertz CT molecular complexity index is 876. The van der Waals surface area contributed by atoms with E-state index < -0.39 is 24.6 Å². The molecule has 0 spiro atoms. The van der Waals surface area contributed by atoms with Crippen molar-refractivity contribution in [2.45, 2.75) is 6.92 Å². The standard InChI is InChI=1S/C18H17N3O6/c1-3-20-13-6-4-5-7-14(13)27-15(20)9-8-12-16(23)19(2)18(25)21(17(12)24)10-26-11-22/h4-9,11H,3,10H2,1-2H3/b12-8+,15-9-. The molecular formula is C18H17N3O6. The summed E-state index contributed by atoms with van der Waals surface area (Å²) in [4.78, 5) is 50.6. The van der Waals surface area contributed by atoms with Gasteiger partial charge in [0, 0.05) is 13.6 Å². The van der Waals surface area contributed by atoms with Gasteiger partial charge in [-0.15, -0.1) is 0 Å². The predicted octanol–water partition coefficient (Wildman–Crippen LogP) is 1.22. The van der Waals surface area contributed by atoms with Gasteiger partial charge >= 0.3 is 6.03 Å². The number of carbonyl (C=O) groups excluding carboxylic acids is 4. The van der Waals surface area contributed by atoms with Crippen LogP contribution in [0.4, 0.5) is 10.5 Å². The van der Waals surface area contributed by atoms with Gasteiger partial charge in [0.1, 0.15) is 5.57 Å². The highest BCUT2D eigenvalue weighted by Crippen LogP contribution is 2.38. The second-order valence-corrected chi connectivity index (χ2v) is 5.67. The molecule has 0 aliphatic carbocycles. The molecule has 0 N–H and O–H groups in total. The van der Waals surface area contributed by atoms with Crippen molar-refractivity contribution in [3.05, 3.63) is 47.9 Å². The molecule has 0 aromatic heterocycles. The van der Waals surface area contributed by atoms with E-state index in [1.54, 1.807) is 0 Å². The second kappa shape index (κ2) is 7.32. The Morgan fingerprint density at radius 1 is 1.07 bits per heavy atom. The Morgan fingerprint density at radius 3 is 2.52 bits per heavy atom. The lowest BCUT2D eigenvalue weighted by atomic mass is 10.1. The van der Waals surface area contributed by atoms with Gasteiger partial charge in [0.25, 0.3) is 18.3 Å². The monoisotopic (exact) mass is 371 g/mol. The van der Waals surface area contributed by atoms with Crippen molar-refractivity contribution in [2.24, 2.45) is 0 Å². The number of fused-ring (bicyclic) bond motifs is 1. The minimum absolute atomic E-state index is 0.116. The number of rotatable bonds is 5. The first-order chi connectivity index (χ1) is 13.0. The molecule has 1 saturated heterocycles. The lowest BCUT2D eigenvalue weighted by Crippen LogP contribution is -2.55. The molecule has 0 saturated carbocycles. The molecule has 1 aromatic carbocycles. The first-order valence-corrected chi connectivity index (χ1v) is 8.15. The van der Waals surface area contributed by atoms with Crippen molar-refractivity contribution < 1.29 is 28.7 Å². The van der Waals surface area contributed by atoms with E-state index in [1.165, 1.54) is 19.2 Å². The van der Waals surface area contributed by atoms with E-state index in [0.717, 1.165) is 10.6 Å². The number of hydrogen-bond donors (Lipinski definition) is 0. The van der Waals surface area contributed by atoms with Crippen LogP contribution in [0.25, 0.3) is 0 Å². The van der Waals surface area contributed by atoms with Crippen molar-refractivity contribution in [1.29, 1.82) is 0 Å². The van der Waals surface area contributed by atoms with Crippen LogP contribution in [0.3, 0.4) is 0 Å². The van der Waals surface area contributed by atoms with Gasteiger partial charge in [0.05, 0.1) is 5.69 Å². The van der Waals surface area contributed by atoms with Gasteiger partial charge in [-0.25, -0.2) is 9.69 Å². The van der Waals surface area contributed by atoms with Crippen LogP contribution in [-0.4, -0.2) is 54.4 Å². The number of allylic oxidation sites excluding steroid dienone is 2. The molecule has 1 aromatic rings. The number of nitrogens with zero attached hydrogens (tertiary/aromatic N) is 3. The third-order valence-electron chi connectivity index (χ3n) is 4.15. The maximum atomic E-state index is 12.5. The summed E-state index contributed by atoms with van der Waals surface area (Å²) >= 11 is 0. The Balaban J connectivity index is 1.92. The van der Waals surface area contributed by atoms with Gasteiger partial charge in [-0.3, -0.25) is 19.3 Å². The van der Waals surface area contributed by atoms with Crippen molar-refractivity contribution in [3.63, 3.8) is 0 Å². The molecule has 27 heavy (non-hydrogen) atoms. The van der Waals surface area contributed by atoms with Crippen LogP contribution in [0, 0.1) is 0 Å². The third kappa shape index (κ3) is 3.14. The normalized spacial score (nSPS) is 19.6. The number of likely N-dealkylation sites (N-methyl/N-ethyl adjacent to an activating group) is 1. The Morgan fingerprint density at radius 2 is 1.81 bits per heavy atom. The van der Waals surface area contributed by atoms with Crippen LogP contribution in [0.5, 0.6) is 5.75 Å². The van der Waals surface area contributed by atoms with E-state index in [4.69, 9.17) is 4.74 Å². The highest BCUT2D eigenvalue weighted by molar-refractivity contribution is 6.28. The minimum Gasteiger partial charge on any atom is -0.446 e. The summed E-state index contributed by atoms with van der Waals surface area (Å²) in [6.45, 7) is 2.10. The number of urea groups is 1. The van der Waals surface area contributed by atoms with E-state index in [9.17, 15) is 19.2 Å². The highest BCUT2D eigenvalue weighted by atomic mass is 16.5. The summed E-state index contributed by atoms with van der Waals surface area (Å²) in [5, 5.41) is 0. The van der Waals surface area contributed by atoms with E-state index in [2.05, 4.69) is 4.74 Å². The molecule has 0 unspecified atom stereocenters. The number of carbonyl (C=O) groups is 4. The lowest BCUT2D eigenvalue weighted by Gasteiger charge is -2.30. The van der Waals surface area contributed by atoms with Crippen molar-refractivity contribution in [1.82, 2.24) is 9.80 Å². The molecule has 9 nitrogen and oxygen atoms in total. The first-order valence-electron chi connectivity index (χ1n) is 8.15. The molecule has 2 heterocycles. The van der Waals surface area contributed by atoms with Gasteiger partial charge in [-0.05, 0) is 31.2 Å². The van der Waals surface area contributed by atoms with E-state index in [1.807, 2.05) is 36.1 Å².